The van der Waals surface area contributed by atoms with Crippen LogP contribution in [0.5, 0.6) is 11.5 Å². The van der Waals surface area contributed by atoms with Crippen molar-refractivity contribution in [1.82, 2.24) is 9.80 Å². The second-order valence-corrected chi connectivity index (χ2v) is 6.24. The number of nitrogens with zero attached hydrogens (tertiary/aromatic N) is 2. The molecule has 0 aliphatic carbocycles. The van der Waals surface area contributed by atoms with Crippen molar-refractivity contribution >= 4 is 5.91 Å². The molecule has 2 aromatic rings. The van der Waals surface area contributed by atoms with Gasteiger partial charge in [-0.3, -0.25) is 4.79 Å². The first kappa shape index (κ1) is 17.3. The molecule has 1 fully saturated rings. The van der Waals surface area contributed by atoms with Crippen LogP contribution in [0, 0.1) is 0 Å². The summed E-state index contributed by atoms with van der Waals surface area (Å²) in [4.78, 5) is 16.8. The fraction of sp³-hybridized carbons (Fsp3) is 0.350. The van der Waals surface area contributed by atoms with E-state index >= 15 is 0 Å². The van der Waals surface area contributed by atoms with Gasteiger partial charge in [-0.25, -0.2) is 0 Å². The van der Waals surface area contributed by atoms with E-state index in [4.69, 9.17) is 9.47 Å². The summed E-state index contributed by atoms with van der Waals surface area (Å²) in [6.45, 7) is 3.78. The largest absolute Gasteiger partial charge is 0.493 e. The number of rotatable bonds is 5. The Hall–Kier alpha value is -2.53. The average Bonchev–Trinajstić information content (AvgIpc) is 2.67. The summed E-state index contributed by atoms with van der Waals surface area (Å²) in [7, 11) is 3.67. The second kappa shape index (κ2) is 8.03. The average molecular weight is 340 g/mol. The van der Waals surface area contributed by atoms with E-state index in [1.165, 1.54) is 0 Å². The Balaban J connectivity index is 1.69. The van der Waals surface area contributed by atoms with Gasteiger partial charge in [0.2, 0.25) is 0 Å². The molecular formula is C20H24N2O3. The van der Waals surface area contributed by atoms with E-state index in [1.54, 1.807) is 13.2 Å². The van der Waals surface area contributed by atoms with E-state index in [0.29, 0.717) is 23.7 Å². The predicted molar refractivity (Wildman–Crippen MR) is 97.2 cm³/mol. The summed E-state index contributed by atoms with van der Waals surface area (Å²) >= 11 is 0. The maximum Gasteiger partial charge on any atom is 0.254 e. The summed E-state index contributed by atoms with van der Waals surface area (Å²) < 4.78 is 11.3. The van der Waals surface area contributed by atoms with Crippen molar-refractivity contribution in [2.24, 2.45) is 0 Å². The van der Waals surface area contributed by atoms with Crippen LogP contribution in [-0.2, 0) is 6.61 Å². The van der Waals surface area contributed by atoms with Crippen LogP contribution >= 0.6 is 0 Å². The third-order valence-electron chi connectivity index (χ3n) is 4.44. The number of hydrogen-bond donors (Lipinski definition) is 0. The Bertz CT molecular complexity index is 710. The Kier molecular flexibility index (Phi) is 5.56. The molecule has 1 aliphatic heterocycles. The molecule has 2 aromatic carbocycles. The minimum Gasteiger partial charge on any atom is -0.493 e. The van der Waals surface area contributed by atoms with Gasteiger partial charge < -0.3 is 19.3 Å². The van der Waals surface area contributed by atoms with Crippen molar-refractivity contribution < 1.29 is 14.3 Å². The highest BCUT2D eigenvalue weighted by atomic mass is 16.5. The third-order valence-corrected chi connectivity index (χ3v) is 4.44. The van der Waals surface area contributed by atoms with Gasteiger partial charge in [-0.05, 0) is 30.8 Å². The number of likely N-dealkylation sites (N-methyl/N-ethyl adjacent to an activating group) is 1. The first-order valence-electron chi connectivity index (χ1n) is 8.50. The van der Waals surface area contributed by atoms with Gasteiger partial charge in [-0.15, -0.1) is 0 Å². The van der Waals surface area contributed by atoms with Gasteiger partial charge >= 0.3 is 0 Å². The minimum absolute atomic E-state index is 0.0426. The molecule has 1 aliphatic rings. The quantitative estimate of drug-likeness (QED) is 0.839. The van der Waals surface area contributed by atoms with Crippen molar-refractivity contribution in [3.63, 3.8) is 0 Å². The molecule has 132 valence electrons. The van der Waals surface area contributed by atoms with Crippen LogP contribution in [0.15, 0.2) is 48.5 Å². The van der Waals surface area contributed by atoms with Crippen LogP contribution in [0.3, 0.4) is 0 Å². The Morgan fingerprint density at radius 3 is 2.40 bits per heavy atom. The normalized spacial score (nSPS) is 15.0. The molecule has 0 radical (unpaired) electrons. The SMILES string of the molecule is COc1cc(C(=O)N2CCN(C)CC2)ccc1OCc1ccccc1. The third kappa shape index (κ3) is 4.31. The number of benzene rings is 2. The monoisotopic (exact) mass is 340 g/mol. The highest BCUT2D eigenvalue weighted by molar-refractivity contribution is 5.95. The van der Waals surface area contributed by atoms with Gasteiger partial charge in [0.15, 0.2) is 11.5 Å². The van der Waals surface area contributed by atoms with Crippen molar-refractivity contribution in [2.75, 3.05) is 40.3 Å². The number of methoxy groups -OCH3 is 1. The zero-order chi connectivity index (χ0) is 17.6. The van der Waals surface area contributed by atoms with Crippen molar-refractivity contribution in [1.29, 1.82) is 0 Å². The van der Waals surface area contributed by atoms with E-state index in [1.807, 2.05) is 47.4 Å². The standard InChI is InChI=1S/C20H24N2O3/c1-21-10-12-22(13-11-21)20(23)17-8-9-18(19(14-17)24-2)25-15-16-6-4-3-5-7-16/h3-9,14H,10-13,15H2,1-2H3. The van der Waals surface area contributed by atoms with E-state index in [2.05, 4.69) is 11.9 Å². The lowest BCUT2D eigenvalue weighted by Crippen LogP contribution is -2.47. The molecule has 0 atom stereocenters. The van der Waals surface area contributed by atoms with Gasteiger partial charge in [-0.2, -0.15) is 0 Å². The van der Waals surface area contributed by atoms with E-state index in [0.717, 1.165) is 31.7 Å². The van der Waals surface area contributed by atoms with Gasteiger partial charge in [0.05, 0.1) is 7.11 Å². The lowest BCUT2D eigenvalue weighted by atomic mass is 10.1. The second-order valence-electron chi connectivity index (χ2n) is 6.24. The lowest BCUT2D eigenvalue weighted by molar-refractivity contribution is 0.0663. The van der Waals surface area contributed by atoms with Crippen LogP contribution in [0.25, 0.3) is 0 Å². The molecule has 0 N–H and O–H groups in total. The smallest absolute Gasteiger partial charge is 0.254 e. The molecule has 5 heteroatoms. The van der Waals surface area contributed by atoms with E-state index in [-0.39, 0.29) is 5.91 Å². The number of carbonyl (C=O) groups is 1. The molecule has 0 saturated carbocycles. The van der Waals surface area contributed by atoms with Crippen LogP contribution in [0.2, 0.25) is 0 Å². The molecule has 0 unspecified atom stereocenters. The van der Waals surface area contributed by atoms with Crippen LogP contribution in [-0.4, -0.2) is 56.0 Å². The van der Waals surface area contributed by atoms with E-state index in [9.17, 15) is 4.79 Å². The Labute approximate surface area is 148 Å². The highest BCUT2D eigenvalue weighted by Crippen LogP contribution is 2.29. The molecule has 0 spiro atoms. The molecule has 0 aromatic heterocycles. The van der Waals surface area contributed by atoms with Crippen molar-refractivity contribution in [3.05, 3.63) is 59.7 Å². The molecule has 1 heterocycles. The first-order chi connectivity index (χ1) is 12.2. The number of amides is 1. The molecule has 1 saturated heterocycles. The van der Waals surface area contributed by atoms with Crippen LogP contribution < -0.4 is 9.47 Å². The van der Waals surface area contributed by atoms with Gasteiger partial charge in [0.1, 0.15) is 6.61 Å². The topological polar surface area (TPSA) is 42.0 Å². The molecule has 5 nitrogen and oxygen atoms in total. The summed E-state index contributed by atoms with van der Waals surface area (Å²) in [5.41, 5.74) is 1.72. The fourth-order valence-corrected chi connectivity index (χ4v) is 2.85. The zero-order valence-electron chi connectivity index (χ0n) is 14.8. The summed E-state index contributed by atoms with van der Waals surface area (Å²) in [6, 6.07) is 15.3. The van der Waals surface area contributed by atoms with Gasteiger partial charge in [0, 0.05) is 31.7 Å². The first-order valence-corrected chi connectivity index (χ1v) is 8.50. The zero-order valence-corrected chi connectivity index (χ0v) is 14.8. The number of carbonyl (C=O) groups excluding carboxylic acids is 1. The van der Waals surface area contributed by atoms with Crippen LogP contribution in [0.4, 0.5) is 0 Å². The predicted octanol–water partition coefficient (Wildman–Crippen LogP) is 2.66. The van der Waals surface area contributed by atoms with E-state index < -0.39 is 0 Å². The highest BCUT2D eigenvalue weighted by Gasteiger charge is 2.21. The summed E-state index contributed by atoms with van der Waals surface area (Å²) in [5, 5.41) is 0. The molecule has 1 amide bonds. The lowest BCUT2D eigenvalue weighted by Gasteiger charge is -2.32. The molecular weight excluding hydrogens is 316 g/mol. The number of piperazine rings is 1. The van der Waals surface area contributed by atoms with Crippen LogP contribution in [0.1, 0.15) is 15.9 Å². The molecule has 25 heavy (non-hydrogen) atoms. The van der Waals surface area contributed by atoms with Gasteiger partial charge in [0.25, 0.3) is 5.91 Å². The fourth-order valence-electron chi connectivity index (χ4n) is 2.85. The summed E-state index contributed by atoms with van der Waals surface area (Å²) in [5.74, 6) is 1.26. The molecule has 3 rings (SSSR count). The maximum absolute atomic E-state index is 12.7. The Morgan fingerprint density at radius 2 is 1.72 bits per heavy atom. The van der Waals surface area contributed by atoms with Crippen molar-refractivity contribution in [2.45, 2.75) is 6.61 Å². The number of hydrogen-bond acceptors (Lipinski definition) is 4. The number of ether oxygens (including phenoxy) is 2. The molecule has 0 bridgehead atoms. The minimum atomic E-state index is 0.0426. The summed E-state index contributed by atoms with van der Waals surface area (Å²) in [6.07, 6.45) is 0. The van der Waals surface area contributed by atoms with Crippen molar-refractivity contribution in [3.8, 4) is 11.5 Å². The van der Waals surface area contributed by atoms with Gasteiger partial charge in [-0.1, -0.05) is 30.3 Å². The Morgan fingerprint density at radius 1 is 1.00 bits per heavy atom. The maximum atomic E-state index is 12.7.